The summed E-state index contributed by atoms with van der Waals surface area (Å²) >= 11 is 0. The number of nitrogens with zero attached hydrogens (tertiary/aromatic N) is 2. The van der Waals surface area contributed by atoms with E-state index in [0.29, 0.717) is 5.95 Å². The van der Waals surface area contributed by atoms with Gasteiger partial charge in [0.1, 0.15) is 6.04 Å². The Morgan fingerprint density at radius 3 is 2.72 bits per heavy atom. The molecule has 0 saturated carbocycles. The molecular weight excluding hydrogens is 228 g/mol. The predicted octanol–water partition coefficient (Wildman–Crippen LogP) is 1.55. The van der Waals surface area contributed by atoms with Gasteiger partial charge in [0.2, 0.25) is 11.9 Å². The van der Waals surface area contributed by atoms with Crippen molar-refractivity contribution in [3.63, 3.8) is 0 Å². The summed E-state index contributed by atoms with van der Waals surface area (Å²) in [6.45, 7) is 3.84. The molecule has 94 valence electrons. The van der Waals surface area contributed by atoms with Crippen LogP contribution in [0.25, 0.3) is 10.9 Å². The third-order valence-electron chi connectivity index (χ3n) is 2.75. The van der Waals surface area contributed by atoms with Crippen LogP contribution in [-0.2, 0) is 4.79 Å². The highest BCUT2D eigenvalue weighted by Crippen LogP contribution is 2.13. The van der Waals surface area contributed by atoms with Crippen LogP contribution in [0.5, 0.6) is 0 Å². The number of hydrogen-bond acceptors (Lipinski definition) is 4. The van der Waals surface area contributed by atoms with Gasteiger partial charge in [0.15, 0.2) is 0 Å². The van der Waals surface area contributed by atoms with E-state index in [1.807, 2.05) is 38.1 Å². The summed E-state index contributed by atoms with van der Waals surface area (Å²) in [5, 5.41) is 3.93. The minimum absolute atomic E-state index is 0.0811. The van der Waals surface area contributed by atoms with Gasteiger partial charge in [0.25, 0.3) is 0 Å². The lowest BCUT2D eigenvalue weighted by atomic mass is 10.0. The van der Waals surface area contributed by atoms with Gasteiger partial charge in [-0.2, -0.15) is 0 Å². The first-order valence-electron chi connectivity index (χ1n) is 5.85. The van der Waals surface area contributed by atoms with Crippen LogP contribution in [0.3, 0.4) is 0 Å². The largest absolute Gasteiger partial charge is 0.368 e. The number of carbonyl (C=O) groups is 1. The highest BCUT2D eigenvalue weighted by Gasteiger charge is 2.20. The van der Waals surface area contributed by atoms with Crippen LogP contribution in [-0.4, -0.2) is 21.9 Å². The van der Waals surface area contributed by atoms with Crippen molar-refractivity contribution in [3.05, 3.63) is 30.5 Å². The van der Waals surface area contributed by atoms with Gasteiger partial charge in [-0.1, -0.05) is 32.0 Å². The van der Waals surface area contributed by atoms with Crippen LogP contribution in [0.15, 0.2) is 30.5 Å². The van der Waals surface area contributed by atoms with Crippen molar-refractivity contribution < 1.29 is 4.79 Å². The smallest absolute Gasteiger partial charge is 0.240 e. The Morgan fingerprint density at radius 2 is 2.06 bits per heavy atom. The van der Waals surface area contributed by atoms with Crippen LogP contribution in [0.2, 0.25) is 0 Å². The number of anilines is 1. The second-order valence-corrected chi connectivity index (χ2v) is 4.52. The predicted molar refractivity (Wildman–Crippen MR) is 71.0 cm³/mol. The van der Waals surface area contributed by atoms with Gasteiger partial charge in [0.05, 0.1) is 5.52 Å². The number of carbonyl (C=O) groups excluding carboxylic acids is 1. The molecule has 1 aromatic carbocycles. The first-order valence-corrected chi connectivity index (χ1v) is 5.85. The van der Waals surface area contributed by atoms with E-state index in [1.165, 1.54) is 0 Å². The average Bonchev–Trinajstić information content (AvgIpc) is 2.35. The lowest BCUT2D eigenvalue weighted by Crippen LogP contribution is -2.40. The van der Waals surface area contributed by atoms with E-state index in [0.717, 1.165) is 10.9 Å². The molecule has 0 aliphatic rings. The maximum Gasteiger partial charge on any atom is 0.240 e. The quantitative estimate of drug-likeness (QED) is 0.855. The van der Waals surface area contributed by atoms with Gasteiger partial charge in [-0.3, -0.25) is 4.79 Å². The molecule has 18 heavy (non-hydrogen) atoms. The number of benzene rings is 1. The maximum atomic E-state index is 11.3. The summed E-state index contributed by atoms with van der Waals surface area (Å²) in [6.07, 6.45) is 1.73. The van der Waals surface area contributed by atoms with E-state index in [4.69, 9.17) is 5.73 Å². The number of nitrogens with one attached hydrogen (secondary N) is 1. The summed E-state index contributed by atoms with van der Waals surface area (Å²) in [5.41, 5.74) is 6.18. The molecule has 0 aliphatic heterocycles. The fourth-order valence-corrected chi connectivity index (χ4v) is 1.75. The van der Waals surface area contributed by atoms with Crippen molar-refractivity contribution in [1.29, 1.82) is 0 Å². The Morgan fingerprint density at radius 1 is 1.33 bits per heavy atom. The highest BCUT2D eigenvalue weighted by atomic mass is 16.1. The standard InChI is InChI=1S/C13H16N4O/c1-8(2)11(12(14)18)17-13-15-7-9-5-3-4-6-10(9)16-13/h3-8,11H,1-2H3,(H2,14,18)(H,15,16,17). The molecule has 0 saturated heterocycles. The van der Waals surface area contributed by atoms with Crippen molar-refractivity contribution in [2.75, 3.05) is 5.32 Å². The zero-order valence-corrected chi connectivity index (χ0v) is 10.4. The van der Waals surface area contributed by atoms with Gasteiger partial charge in [0, 0.05) is 11.6 Å². The number of nitrogens with two attached hydrogens (primary N) is 1. The summed E-state index contributed by atoms with van der Waals surface area (Å²) in [5.74, 6) is 0.102. The zero-order valence-electron chi connectivity index (χ0n) is 10.4. The third kappa shape index (κ3) is 2.56. The van der Waals surface area contributed by atoms with Crippen molar-refractivity contribution in [3.8, 4) is 0 Å². The Balaban J connectivity index is 2.28. The lowest BCUT2D eigenvalue weighted by Gasteiger charge is -2.18. The zero-order chi connectivity index (χ0) is 13.1. The average molecular weight is 244 g/mol. The molecule has 1 heterocycles. The minimum Gasteiger partial charge on any atom is -0.368 e. The van der Waals surface area contributed by atoms with Crippen molar-refractivity contribution in [2.45, 2.75) is 19.9 Å². The number of amides is 1. The topological polar surface area (TPSA) is 80.9 Å². The lowest BCUT2D eigenvalue weighted by molar-refractivity contribution is -0.119. The molecule has 1 amide bonds. The third-order valence-corrected chi connectivity index (χ3v) is 2.75. The number of para-hydroxylation sites is 1. The minimum atomic E-state index is -0.467. The monoisotopic (exact) mass is 244 g/mol. The van der Waals surface area contributed by atoms with Crippen molar-refractivity contribution >= 4 is 22.8 Å². The molecule has 0 fully saturated rings. The number of aromatic nitrogens is 2. The Hall–Kier alpha value is -2.17. The van der Waals surface area contributed by atoms with E-state index >= 15 is 0 Å². The first kappa shape index (κ1) is 12.3. The molecule has 1 aromatic heterocycles. The molecule has 5 nitrogen and oxygen atoms in total. The first-order chi connectivity index (χ1) is 8.58. The normalized spacial score (nSPS) is 12.6. The van der Waals surface area contributed by atoms with Gasteiger partial charge >= 0.3 is 0 Å². The second kappa shape index (κ2) is 5.00. The summed E-state index contributed by atoms with van der Waals surface area (Å²) in [4.78, 5) is 19.8. The second-order valence-electron chi connectivity index (χ2n) is 4.52. The number of primary amides is 1. The molecule has 5 heteroatoms. The van der Waals surface area contributed by atoms with Crippen LogP contribution in [0.4, 0.5) is 5.95 Å². The molecule has 2 aromatic rings. The van der Waals surface area contributed by atoms with Gasteiger partial charge in [-0.25, -0.2) is 9.97 Å². The SMILES string of the molecule is CC(C)C(Nc1ncc2ccccc2n1)C(N)=O. The van der Waals surface area contributed by atoms with Crippen LogP contribution < -0.4 is 11.1 Å². The summed E-state index contributed by atoms with van der Waals surface area (Å²) < 4.78 is 0. The van der Waals surface area contributed by atoms with Crippen LogP contribution in [0, 0.1) is 5.92 Å². The molecule has 0 spiro atoms. The van der Waals surface area contributed by atoms with Gasteiger partial charge in [-0.15, -0.1) is 0 Å². The fourth-order valence-electron chi connectivity index (χ4n) is 1.75. The van der Waals surface area contributed by atoms with Gasteiger partial charge < -0.3 is 11.1 Å². The molecule has 0 radical (unpaired) electrons. The van der Waals surface area contributed by atoms with Crippen molar-refractivity contribution in [1.82, 2.24) is 9.97 Å². The van der Waals surface area contributed by atoms with E-state index in [-0.39, 0.29) is 5.92 Å². The fraction of sp³-hybridized carbons (Fsp3) is 0.308. The van der Waals surface area contributed by atoms with E-state index < -0.39 is 11.9 Å². The molecule has 2 rings (SSSR count). The van der Waals surface area contributed by atoms with E-state index in [1.54, 1.807) is 6.20 Å². The van der Waals surface area contributed by atoms with Crippen molar-refractivity contribution in [2.24, 2.45) is 11.7 Å². The Bertz CT molecular complexity index is 568. The highest BCUT2D eigenvalue weighted by molar-refractivity contribution is 5.83. The molecule has 3 N–H and O–H groups in total. The molecular formula is C13H16N4O. The summed E-state index contributed by atoms with van der Waals surface area (Å²) in [6, 6.07) is 7.21. The molecule has 0 bridgehead atoms. The number of fused-ring (bicyclic) bond motifs is 1. The molecule has 1 unspecified atom stereocenters. The van der Waals surface area contributed by atoms with Crippen LogP contribution in [0.1, 0.15) is 13.8 Å². The molecule has 1 atom stereocenters. The molecule has 0 aliphatic carbocycles. The maximum absolute atomic E-state index is 11.3. The van der Waals surface area contributed by atoms with Crippen LogP contribution >= 0.6 is 0 Å². The Labute approximate surface area is 105 Å². The summed E-state index contributed by atoms with van der Waals surface area (Å²) in [7, 11) is 0. The van der Waals surface area contributed by atoms with E-state index in [9.17, 15) is 4.79 Å². The number of rotatable bonds is 4. The number of hydrogen-bond donors (Lipinski definition) is 2. The Kier molecular flexibility index (Phi) is 3.41. The van der Waals surface area contributed by atoms with Gasteiger partial charge in [-0.05, 0) is 12.0 Å². The van der Waals surface area contributed by atoms with E-state index in [2.05, 4.69) is 15.3 Å².